The Morgan fingerprint density at radius 2 is 2.12 bits per heavy atom. The molecule has 0 aliphatic carbocycles. The van der Waals surface area contributed by atoms with Gasteiger partial charge in [0.25, 0.3) is 0 Å². The molecule has 0 bridgehead atoms. The molecule has 0 unspecified atom stereocenters. The van der Waals surface area contributed by atoms with Crippen LogP contribution in [0.5, 0.6) is 0 Å². The van der Waals surface area contributed by atoms with Crippen molar-refractivity contribution in [3.05, 3.63) is 45.8 Å². The Kier molecular flexibility index (Phi) is 3.14. The van der Waals surface area contributed by atoms with Crippen LogP contribution in [0.15, 0.2) is 30.3 Å². The van der Waals surface area contributed by atoms with Crippen LogP contribution in [0.2, 0.25) is 5.02 Å². The fourth-order valence-corrected chi connectivity index (χ4v) is 2.43. The summed E-state index contributed by atoms with van der Waals surface area (Å²) < 4.78 is 0. The van der Waals surface area contributed by atoms with Crippen molar-refractivity contribution in [3.63, 3.8) is 0 Å². The molecule has 2 aromatic rings. The SMILES string of the molecule is N#Cc1ccc(-c2cc(Cl)cc(C(=O)O)c2)s1. The molecule has 3 nitrogen and oxygen atoms in total. The second-order valence-corrected chi connectivity index (χ2v) is 4.83. The van der Waals surface area contributed by atoms with E-state index in [1.54, 1.807) is 24.3 Å². The van der Waals surface area contributed by atoms with Crippen molar-refractivity contribution in [3.8, 4) is 16.5 Å². The number of carbonyl (C=O) groups is 1. The number of thiophene rings is 1. The van der Waals surface area contributed by atoms with Crippen LogP contribution < -0.4 is 0 Å². The third-order valence-electron chi connectivity index (χ3n) is 2.15. The van der Waals surface area contributed by atoms with Crippen LogP contribution >= 0.6 is 22.9 Å². The highest BCUT2D eigenvalue weighted by atomic mass is 35.5. The van der Waals surface area contributed by atoms with E-state index in [1.165, 1.54) is 17.4 Å². The van der Waals surface area contributed by atoms with E-state index in [9.17, 15) is 4.79 Å². The third-order valence-corrected chi connectivity index (χ3v) is 3.40. The van der Waals surface area contributed by atoms with Crippen molar-refractivity contribution in [2.24, 2.45) is 0 Å². The molecule has 1 N–H and O–H groups in total. The van der Waals surface area contributed by atoms with Crippen LogP contribution in [0.4, 0.5) is 0 Å². The van der Waals surface area contributed by atoms with Gasteiger partial charge in [-0.05, 0) is 35.9 Å². The van der Waals surface area contributed by atoms with Crippen molar-refractivity contribution >= 4 is 28.9 Å². The lowest BCUT2D eigenvalue weighted by Gasteiger charge is -2.01. The number of halogens is 1. The molecule has 17 heavy (non-hydrogen) atoms. The first-order chi connectivity index (χ1) is 8.10. The molecule has 84 valence electrons. The minimum Gasteiger partial charge on any atom is -0.478 e. The van der Waals surface area contributed by atoms with Crippen molar-refractivity contribution < 1.29 is 9.90 Å². The van der Waals surface area contributed by atoms with E-state index < -0.39 is 5.97 Å². The van der Waals surface area contributed by atoms with Crippen LogP contribution in [0, 0.1) is 11.3 Å². The maximum absolute atomic E-state index is 10.9. The predicted octanol–water partition coefficient (Wildman–Crippen LogP) is 3.64. The second-order valence-electron chi connectivity index (χ2n) is 3.31. The van der Waals surface area contributed by atoms with Crippen LogP contribution in [-0.2, 0) is 0 Å². The third kappa shape index (κ3) is 2.47. The van der Waals surface area contributed by atoms with Crippen molar-refractivity contribution in [1.82, 2.24) is 0 Å². The summed E-state index contributed by atoms with van der Waals surface area (Å²) in [7, 11) is 0. The van der Waals surface area contributed by atoms with Crippen LogP contribution in [-0.4, -0.2) is 11.1 Å². The number of nitrogens with zero attached hydrogens (tertiary/aromatic N) is 1. The zero-order valence-electron chi connectivity index (χ0n) is 8.48. The van der Waals surface area contributed by atoms with Crippen LogP contribution in [0.25, 0.3) is 10.4 Å². The highest BCUT2D eigenvalue weighted by molar-refractivity contribution is 7.16. The maximum atomic E-state index is 10.9. The molecule has 2 rings (SSSR count). The smallest absolute Gasteiger partial charge is 0.335 e. The molecule has 0 saturated carbocycles. The fourth-order valence-electron chi connectivity index (χ4n) is 1.41. The first-order valence-electron chi connectivity index (χ1n) is 4.64. The zero-order valence-corrected chi connectivity index (χ0v) is 10.0. The molecule has 1 heterocycles. The number of carboxylic acids is 1. The topological polar surface area (TPSA) is 61.1 Å². The lowest BCUT2D eigenvalue weighted by atomic mass is 10.1. The number of nitriles is 1. The summed E-state index contributed by atoms with van der Waals surface area (Å²) in [5.74, 6) is -1.02. The van der Waals surface area contributed by atoms with Gasteiger partial charge < -0.3 is 5.11 Å². The van der Waals surface area contributed by atoms with E-state index in [4.69, 9.17) is 22.0 Å². The molecular formula is C12H6ClNO2S. The van der Waals surface area contributed by atoms with E-state index in [0.29, 0.717) is 15.5 Å². The van der Waals surface area contributed by atoms with E-state index in [-0.39, 0.29) is 5.56 Å². The summed E-state index contributed by atoms with van der Waals surface area (Å²) >= 11 is 7.16. The molecule has 0 saturated heterocycles. The Morgan fingerprint density at radius 3 is 2.71 bits per heavy atom. The van der Waals surface area contributed by atoms with Gasteiger partial charge in [0.2, 0.25) is 0 Å². The van der Waals surface area contributed by atoms with Gasteiger partial charge in [-0.15, -0.1) is 11.3 Å². The van der Waals surface area contributed by atoms with Gasteiger partial charge in [-0.25, -0.2) is 4.79 Å². The summed E-state index contributed by atoms with van der Waals surface area (Å²) in [6.45, 7) is 0. The van der Waals surface area contributed by atoms with Gasteiger partial charge in [-0.3, -0.25) is 0 Å². The molecule has 0 amide bonds. The number of hydrogen-bond acceptors (Lipinski definition) is 3. The number of hydrogen-bond donors (Lipinski definition) is 1. The first kappa shape index (κ1) is 11.6. The maximum Gasteiger partial charge on any atom is 0.335 e. The van der Waals surface area contributed by atoms with E-state index >= 15 is 0 Å². The highest BCUT2D eigenvalue weighted by Gasteiger charge is 2.09. The fraction of sp³-hybridized carbons (Fsp3) is 0. The van der Waals surface area contributed by atoms with Gasteiger partial charge in [0.15, 0.2) is 0 Å². The summed E-state index contributed by atoms with van der Waals surface area (Å²) in [5.41, 5.74) is 0.848. The van der Waals surface area contributed by atoms with Gasteiger partial charge in [0, 0.05) is 9.90 Å². The Bertz CT molecular complexity index is 628. The largest absolute Gasteiger partial charge is 0.478 e. The van der Waals surface area contributed by atoms with Crippen LogP contribution in [0.1, 0.15) is 15.2 Å². The monoisotopic (exact) mass is 263 g/mol. The molecule has 0 spiro atoms. The van der Waals surface area contributed by atoms with Gasteiger partial charge >= 0.3 is 5.97 Å². The lowest BCUT2D eigenvalue weighted by molar-refractivity contribution is 0.0697. The molecule has 0 aliphatic rings. The van der Waals surface area contributed by atoms with Crippen molar-refractivity contribution in [2.45, 2.75) is 0 Å². The Balaban J connectivity index is 2.52. The second kappa shape index (κ2) is 4.58. The number of aromatic carboxylic acids is 1. The van der Waals surface area contributed by atoms with Crippen molar-refractivity contribution in [2.75, 3.05) is 0 Å². The highest BCUT2D eigenvalue weighted by Crippen LogP contribution is 2.30. The Morgan fingerprint density at radius 1 is 1.35 bits per heavy atom. The van der Waals surface area contributed by atoms with Gasteiger partial charge in [0.1, 0.15) is 10.9 Å². The van der Waals surface area contributed by atoms with Gasteiger partial charge in [-0.2, -0.15) is 5.26 Å². The Labute approximate surface area is 107 Å². The van der Waals surface area contributed by atoms with Crippen molar-refractivity contribution in [1.29, 1.82) is 5.26 Å². The molecule has 0 fully saturated rings. The normalized spacial score (nSPS) is 9.88. The molecule has 5 heteroatoms. The zero-order chi connectivity index (χ0) is 12.4. The number of benzene rings is 1. The average molecular weight is 264 g/mol. The number of carboxylic acid groups (broad SMARTS) is 1. The van der Waals surface area contributed by atoms with E-state index in [2.05, 4.69) is 0 Å². The molecule has 1 aromatic heterocycles. The van der Waals surface area contributed by atoms with Gasteiger partial charge in [0.05, 0.1) is 5.56 Å². The molecule has 0 radical (unpaired) electrons. The van der Waals surface area contributed by atoms with E-state index in [0.717, 1.165) is 4.88 Å². The minimum atomic E-state index is -1.02. The average Bonchev–Trinajstić information content (AvgIpc) is 2.76. The van der Waals surface area contributed by atoms with E-state index in [1.807, 2.05) is 6.07 Å². The Hall–Kier alpha value is -1.83. The molecule has 1 aromatic carbocycles. The predicted molar refractivity (Wildman–Crippen MR) is 66.4 cm³/mol. The van der Waals surface area contributed by atoms with Gasteiger partial charge in [-0.1, -0.05) is 11.6 Å². The number of rotatable bonds is 2. The molecule has 0 aliphatic heterocycles. The van der Waals surface area contributed by atoms with Crippen LogP contribution in [0.3, 0.4) is 0 Å². The quantitative estimate of drug-likeness (QED) is 0.900. The standard InChI is InChI=1S/C12H6ClNO2S/c13-9-4-7(3-8(5-9)12(15)16)11-2-1-10(6-14)17-11/h1-5H,(H,15,16). The summed E-state index contributed by atoms with van der Waals surface area (Å²) in [6, 6.07) is 10.1. The summed E-state index contributed by atoms with van der Waals surface area (Å²) in [6.07, 6.45) is 0. The molecule has 0 atom stereocenters. The minimum absolute atomic E-state index is 0.138. The lowest BCUT2D eigenvalue weighted by Crippen LogP contribution is -1.95. The molecular weight excluding hydrogens is 258 g/mol. The summed E-state index contributed by atoms with van der Waals surface area (Å²) in [5, 5.41) is 18.0. The first-order valence-corrected chi connectivity index (χ1v) is 5.84. The summed E-state index contributed by atoms with van der Waals surface area (Å²) in [4.78, 5) is 12.3.